The first kappa shape index (κ1) is 16.7. The third kappa shape index (κ3) is 2.51. The summed E-state index contributed by atoms with van der Waals surface area (Å²) < 4.78 is 27.4. The summed E-state index contributed by atoms with van der Waals surface area (Å²) >= 11 is 0. The molecule has 4 rings (SSSR count). The topological polar surface area (TPSA) is 41.6 Å². The minimum atomic E-state index is -2.53. The first-order valence-electron chi connectivity index (χ1n) is 9.06. The van der Waals surface area contributed by atoms with E-state index in [0.29, 0.717) is 12.8 Å². The van der Waals surface area contributed by atoms with Gasteiger partial charge in [0.25, 0.3) is 0 Å². The lowest BCUT2D eigenvalue weighted by Gasteiger charge is -2.40. The molecule has 134 valence electrons. The first-order chi connectivity index (χ1) is 11.7. The highest BCUT2D eigenvalue weighted by Gasteiger charge is 2.52. The van der Waals surface area contributed by atoms with E-state index in [1.807, 2.05) is 13.8 Å². The van der Waals surface area contributed by atoms with Crippen molar-refractivity contribution in [3.63, 3.8) is 0 Å². The first-order valence-corrected chi connectivity index (χ1v) is 9.06. The predicted molar refractivity (Wildman–Crippen MR) is 97.1 cm³/mol. The van der Waals surface area contributed by atoms with Gasteiger partial charge in [0, 0.05) is 42.1 Å². The Kier molecular flexibility index (Phi) is 3.59. The van der Waals surface area contributed by atoms with Crippen molar-refractivity contribution in [2.75, 3.05) is 6.54 Å². The van der Waals surface area contributed by atoms with Gasteiger partial charge in [0.1, 0.15) is 5.84 Å². The predicted octanol–water partition coefficient (Wildman–Crippen LogP) is 4.93. The highest BCUT2D eigenvalue weighted by molar-refractivity contribution is 6.03. The van der Waals surface area contributed by atoms with E-state index in [-0.39, 0.29) is 24.3 Å². The summed E-state index contributed by atoms with van der Waals surface area (Å²) in [5, 5.41) is 0. The van der Waals surface area contributed by atoms with Crippen LogP contribution in [0.3, 0.4) is 0 Å². The summed E-state index contributed by atoms with van der Waals surface area (Å²) in [5.41, 5.74) is 10.9. The zero-order valence-corrected chi connectivity index (χ0v) is 14.9. The number of aryl methyl sites for hydroxylation is 1. The molecule has 3 aliphatic rings. The number of nitrogens with two attached hydrogens (primary N) is 1. The smallest absolute Gasteiger partial charge is 0.248 e. The number of amidine groups is 1. The molecule has 2 N–H and O–H groups in total. The van der Waals surface area contributed by atoms with Crippen LogP contribution in [0.25, 0.3) is 5.70 Å². The average molecular weight is 345 g/mol. The standard InChI is InChI=1S/C20H25F2N3/c1-12-10-15(13(2)23)17-16(11-12)14(3)25-9-8-19(18(25)24-17)4-6-20(21,22)7-5-19/h10-11,13H,3-9,23H2,1-2H3. The third-order valence-corrected chi connectivity index (χ3v) is 6.11. The molecular formula is C20H25F2N3. The van der Waals surface area contributed by atoms with Gasteiger partial charge >= 0.3 is 0 Å². The Morgan fingerprint density at radius 1 is 1.20 bits per heavy atom. The van der Waals surface area contributed by atoms with E-state index in [1.54, 1.807) is 0 Å². The molecule has 1 aliphatic carbocycles. The van der Waals surface area contributed by atoms with Gasteiger partial charge in [0.05, 0.1) is 5.69 Å². The number of aliphatic imine (C=N–C) groups is 1. The molecule has 2 fully saturated rings. The number of nitrogens with zero attached hydrogens (tertiary/aromatic N) is 2. The monoisotopic (exact) mass is 345 g/mol. The van der Waals surface area contributed by atoms with Crippen LogP contribution in [-0.4, -0.2) is 23.2 Å². The van der Waals surface area contributed by atoms with E-state index in [4.69, 9.17) is 10.7 Å². The summed E-state index contributed by atoms with van der Waals surface area (Å²) in [5.74, 6) is -1.59. The van der Waals surface area contributed by atoms with Crippen LogP contribution in [0.4, 0.5) is 14.5 Å². The molecule has 0 amide bonds. The maximum absolute atomic E-state index is 13.7. The molecule has 1 saturated carbocycles. The molecule has 2 heterocycles. The summed E-state index contributed by atoms with van der Waals surface area (Å²) in [4.78, 5) is 7.15. The number of rotatable bonds is 1. The van der Waals surface area contributed by atoms with E-state index in [0.717, 1.165) is 46.9 Å². The largest absolute Gasteiger partial charge is 0.329 e. The van der Waals surface area contributed by atoms with Gasteiger partial charge in [0.2, 0.25) is 5.92 Å². The van der Waals surface area contributed by atoms with Gasteiger partial charge in [-0.2, -0.15) is 0 Å². The van der Waals surface area contributed by atoms with Gasteiger partial charge in [0.15, 0.2) is 0 Å². The molecule has 0 bridgehead atoms. The van der Waals surface area contributed by atoms with Gasteiger partial charge < -0.3 is 10.6 Å². The number of hydrogen-bond acceptors (Lipinski definition) is 3. The molecule has 1 saturated heterocycles. The van der Waals surface area contributed by atoms with Crippen LogP contribution in [0.5, 0.6) is 0 Å². The molecule has 1 spiro atoms. The van der Waals surface area contributed by atoms with Gasteiger partial charge in [-0.15, -0.1) is 0 Å². The Labute approximate surface area is 147 Å². The van der Waals surface area contributed by atoms with Crippen LogP contribution >= 0.6 is 0 Å². The normalized spacial score (nSPS) is 24.8. The lowest BCUT2D eigenvalue weighted by molar-refractivity contribution is -0.0537. The number of benzene rings is 1. The van der Waals surface area contributed by atoms with Crippen molar-refractivity contribution in [3.8, 4) is 0 Å². The zero-order chi connectivity index (χ0) is 18.0. The summed E-state index contributed by atoms with van der Waals surface area (Å²) in [7, 11) is 0. The minimum absolute atomic E-state index is 0.0484. The quantitative estimate of drug-likeness (QED) is 0.784. The summed E-state index contributed by atoms with van der Waals surface area (Å²) in [6.07, 6.45) is 1.77. The van der Waals surface area contributed by atoms with Gasteiger partial charge in [-0.25, -0.2) is 13.8 Å². The average Bonchev–Trinajstić information content (AvgIpc) is 2.90. The molecule has 2 aliphatic heterocycles. The summed E-state index contributed by atoms with van der Waals surface area (Å²) in [6, 6.07) is 4.04. The van der Waals surface area contributed by atoms with Crippen molar-refractivity contribution in [1.82, 2.24) is 4.90 Å². The molecule has 5 heteroatoms. The highest BCUT2D eigenvalue weighted by Crippen LogP contribution is 2.54. The molecule has 1 aromatic rings. The Hall–Kier alpha value is -1.75. The van der Waals surface area contributed by atoms with Crippen LogP contribution in [-0.2, 0) is 0 Å². The second-order valence-corrected chi connectivity index (χ2v) is 7.96. The van der Waals surface area contributed by atoms with Crippen molar-refractivity contribution in [1.29, 1.82) is 0 Å². The fraction of sp³-hybridized carbons (Fsp3) is 0.550. The molecule has 3 nitrogen and oxygen atoms in total. The Morgan fingerprint density at radius 2 is 1.88 bits per heavy atom. The van der Waals surface area contributed by atoms with Crippen LogP contribution < -0.4 is 5.73 Å². The molecule has 1 unspecified atom stereocenters. The van der Waals surface area contributed by atoms with Crippen molar-refractivity contribution < 1.29 is 8.78 Å². The summed E-state index contributed by atoms with van der Waals surface area (Å²) in [6.45, 7) is 9.12. The fourth-order valence-corrected chi connectivity index (χ4v) is 4.59. The van der Waals surface area contributed by atoms with Gasteiger partial charge in [-0.1, -0.05) is 12.6 Å². The minimum Gasteiger partial charge on any atom is -0.329 e. The van der Waals surface area contributed by atoms with E-state index < -0.39 is 5.92 Å². The maximum Gasteiger partial charge on any atom is 0.248 e. The molecule has 1 aromatic carbocycles. The van der Waals surface area contributed by atoms with Crippen molar-refractivity contribution >= 4 is 17.2 Å². The van der Waals surface area contributed by atoms with Crippen LogP contribution in [0.1, 0.15) is 61.8 Å². The van der Waals surface area contributed by atoms with E-state index >= 15 is 0 Å². The number of hydrogen-bond donors (Lipinski definition) is 1. The van der Waals surface area contributed by atoms with Crippen molar-refractivity contribution in [2.24, 2.45) is 16.1 Å². The van der Waals surface area contributed by atoms with Crippen molar-refractivity contribution in [2.45, 2.75) is 57.9 Å². The molecular weight excluding hydrogens is 320 g/mol. The molecule has 0 radical (unpaired) electrons. The molecule has 25 heavy (non-hydrogen) atoms. The maximum atomic E-state index is 13.7. The lowest BCUT2D eigenvalue weighted by Crippen LogP contribution is -2.40. The lowest BCUT2D eigenvalue weighted by atomic mass is 9.71. The van der Waals surface area contributed by atoms with Crippen LogP contribution in [0.2, 0.25) is 0 Å². The molecule has 1 atom stereocenters. The fourth-order valence-electron chi connectivity index (χ4n) is 4.59. The second kappa shape index (κ2) is 5.37. The van der Waals surface area contributed by atoms with Crippen molar-refractivity contribution in [3.05, 3.63) is 35.4 Å². The number of alkyl halides is 2. The van der Waals surface area contributed by atoms with Crippen LogP contribution in [0, 0.1) is 12.3 Å². The highest BCUT2D eigenvalue weighted by atomic mass is 19.3. The van der Waals surface area contributed by atoms with Gasteiger partial charge in [-0.3, -0.25) is 0 Å². The SMILES string of the molecule is C=C1c2cc(C)cc(C(C)N)c2N=C2N1CCC21CCC(F)(F)CC1. The Balaban J connectivity index is 1.83. The number of halogens is 2. The second-order valence-electron chi connectivity index (χ2n) is 7.96. The Bertz CT molecular complexity index is 769. The van der Waals surface area contributed by atoms with Gasteiger partial charge in [-0.05, 0) is 50.3 Å². The Morgan fingerprint density at radius 3 is 2.52 bits per heavy atom. The van der Waals surface area contributed by atoms with E-state index in [9.17, 15) is 8.78 Å². The van der Waals surface area contributed by atoms with E-state index in [2.05, 4.69) is 23.6 Å². The third-order valence-electron chi connectivity index (χ3n) is 6.11. The number of fused-ring (bicyclic) bond motifs is 3. The van der Waals surface area contributed by atoms with Crippen LogP contribution in [0.15, 0.2) is 23.7 Å². The zero-order valence-electron chi connectivity index (χ0n) is 14.9. The molecule has 0 aromatic heterocycles. The van der Waals surface area contributed by atoms with E-state index in [1.165, 1.54) is 0 Å².